The van der Waals surface area contributed by atoms with Crippen molar-refractivity contribution in [2.24, 2.45) is 0 Å². The summed E-state index contributed by atoms with van der Waals surface area (Å²) in [6.45, 7) is 4.59. The van der Waals surface area contributed by atoms with Gasteiger partial charge in [-0.3, -0.25) is 0 Å². The van der Waals surface area contributed by atoms with Crippen molar-refractivity contribution in [3.8, 4) is 5.75 Å². The second kappa shape index (κ2) is 11.4. The largest absolute Gasteiger partial charge is 0.491 e. The van der Waals surface area contributed by atoms with Crippen LogP contribution in [0.3, 0.4) is 0 Å². The molecule has 6 nitrogen and oxygen atoms in total. The number of aliphatic hydroxyl groups is 1. The van der Waals surface area contributed by atoms with Gasteiger partial charge in [0.15, 0.2) is 0 Å². The number of imidazole rings is 1. The first kappa shape index (κ1) is 21.1. The molecular formula is C21H31ClN4O2. The number of aromatic nitrogens is 2. The fourth-order valence-corrected chi connectivity index (χ4v) is 3.74. The molecule has 0 bridgehead atoms. The zero-order valence-electron chi connectivity index (χ0n) is 16.4. The van der Waals surface area contributed by atoms with E-state index in [1.54, 1.807) is 6.33 Å². The van der Waals surface area contributed by atoms with Gasteiger partial charge in [-0.15, -0.1) is 0 Å². The average Bonchev–Trinajstić information content (AvgIpc) is 3.08. The summed E-state index contributed by atoms with van der Waals surface area (Å²) < 4.78 is 5.94. The molecule has 1 atom stereocenters. The summed E-state index contributed by atoms with van der Waals surface area (Å²) in [6.07, 6.45) is 8.95. The van der Waals surface area contributed by atoms with Gasteiger partial charge in [-0.1, -0.05) is 24.4 Å². The number of aromatic amines is 1. The number of hydrogen-bond donors (Lipinski definition) is 3. The minimum atomic E-state index is -0.491. The number of halogens is 1. The van der Waals surface area contributed by atoms with Gasteiger partial charge in [0.05, 0.1) is 6.33 Å². The highest BCUT2D eigenvalue weighted by Crippen LogP contribution is 2.23. The Bertz CT molecular complexity index is 688. The van der Waals surface area contributed by atoms with Gasteiger partial charge in [0.25, 0.3) is 0 Å². The van der Waals surface area contributed by atoms with Crippen LogP contribution in [-0.2, 0) is 13.0 Å². The van der Waals surface area contributed by atoms with Gasteiger partial charge in [-0.05, 0) is 44.1 Å². The summed E-state index contributed by atoms with van der Waals surface area (Å²) in [7, 11) is 0. The number of benzene rings is 1. The van der Waals surface area contributed by atoms with Gasteiger partial charge in [-0.25, -0.2) is 4.98 Å². The summed E-state index contributed by atoms with van der Waals surface area (Å²) in [5.74, 6) is 0.772. The van der Waals surface area contributed by atoms with E-state index in [1.165, 1.54) is 25.7 Å². The number of H-pyrrole nitrogens is 1. The Morgan fingerprint density at radius 2 is 2.07 bits per heavy atom. The van der Waals surface area contributed by atoms with Gasteiger partial charge in [0.1, 0.15) is 18.5 Å². The minimum absolute atomic E-state index is 0.291. The van der Waals surface area contributed by atoms with Crippen molar-refractivity contribution >= 4 is 11.6 Å². The van der Waals surface area contributed by atoms with E-state index in [0.717, 1.165) is 43.1 Å². The number of nitrogens with zero attached hydrogens (tertiary/aromatic N) is 2. The molecule has 1 saturated heterocycles. The fraction of sp³-hybridized carbons (Fsp3) is 0.571. The number of hydrogen-bond acceptors (Lipinski definition) is 5. The number of β-amino-alcohol motifs (C(OH)–C–C–N with tert-alkyl or cyclic N) is 1. The molecule has 3 rings (SSSR count). The standard InChI is InChI=1S/C21H31ClN4O2/c22-18-5-6-21(17(11-18)12-23-8-7-19-13-24-16-25-19)28-15-20(27)14-26-9-3-1-2-4-10-26/h5-6,11,13,16,20,23,27H,1-4,7-10,12,14-15H2,(H,24,25)/t20-/m1/s1. The molecular weight excluding hydrogens is 376 g/mol. The maximum Gasteiger partial charge on any atom is 0.124 e. The zero-order chi connectivity index (χ0) is 19.6. The topological polar surface area (TPSA) is 73.4 Å². The van der Waals surface area contributed by atoms with Crippen LogP contribution < -0.4 is 10.1 Å². The Morgan fingerprint density at radius 3 is 2.82 bits per heavy atom. The highest BCUT2D eigenvalue weighted by molar-refractivity contribution is 6.30. The van der Waals surface area contributed by atoms with E-state index in [4.69, 9.17) is 16.3 Å². The number of aliphatic hydroxyl groups excluding tert-OH is 1. The SMILES string of the molecule is O[C@@H](COc1ccc(Cl)cc1CNCCc1cnc[nH]1)CN1CCCCCC1. The average molecular weight is 407 g/mol. The van der Waals surface area contributed by atoms with Crippen molar-refractivity contribution < 1.29 is 9.84 Å². The van der Waals surface area contributed by atoms with E-state index in [0.29, 0.717) is 24.7 Å². The summed E-state index contributed by atoms with van der Waals surface area (Å²) in [5.41, 5.74) is 2.10. The Kier molecular flexibility index (Phi) is 8.61. The molecule has 1 aromatic heterocycles. The van der Waals surface area contributed by atoms with E-state index in [2.05, 4.69) is 20.2 Å². The van der Waals surface area contributed by atoms with Crippen LogP contribution >= 0.6 is 11.6 Å². The van der Waals surface area contributed by atoms with Crippen molar-refractivity contribution in [2.45, 2.75) is 44.8 Å². The molecule has 154 valence electrons. The third-order valence-corrected chi connectivity index (χ3v) is 5.30. The lowest BCUT2D eigenvalue weighted by atomic mass is 10.2. The molecule has 1 aliphatic heterocycles. The van der Waals surface area contributed by atoms with E-state index in [1.807, 2.05) is 24.4 Å². The van der Waals surface area contributed by atoms with Crippen LogP contribution in [0, 0.1) is 0 Å². The Morgan fingerprint density at radius 1 is 1.25 bits per heavy atom. The van der Waals surface area contributed by atoms with Crippen LogP contribution in [0.2, 0.25) is 5.02 Å². The van der Waals surface area contributed by atoms with Crippen LogP contribution in [-0.4, -0.2) is 58.9 Å². The molecule has 1 fully saturated rings. The van der Waals surface area contributed by atoms with E-state index < -0.39 is 6.10 Å². The first-order valence-electron chi connectivity index (χ1n) is 10.2. The number of rotatable bonds is 10. The lowest BCUT2D eigenvalue weighted by molar-refractivity contribution is 0.0690. The summed E-state index contributed by atoms with van der Waals surface area (Å²) in [4.78, 5) is 9.47. The predicted molar refractivity (Wildman–Crippen MR) is 112 cm³/mol. The lowest BCUT2D eigenvalue weighted by Gasteiger charge is -2.23. The molecule has 3 N–H and O–H groups in total. The normalized spacial score (nSPS) is 16.6. The lowest BCUT2D eigenvalue weighted by Crippen LogP contribution is -2.36. The molecule has 28 heavy (non-hydrogen) atoms. The molecule has 0 spiro atoms. The maximum atomic E-state index is 10.4. The van der Waals surface area contributed by atoms with Gasteiger partial charge < -0.3 is 25.0 Å². The number of ether oxygens (including phenoxy) is 1. The molecule has 0 radical (unpaired) electrons. The molecule has 1 aliphatic rings. The molecule has 0 saturated carbocycles. The van der Waals surface area contributed by atoms with Gasteiger partial charge in [0.2, 0.25) is 0 Å². The second-order valence-electron chi connectivity index (χ2n) is 7.44. The maximum absolute atomic E-state index is 10.4. The third kappa shape index (κ3) is 7.09. The van der Waals surface area contributed by atoms with E-state index >= 15 is 0 Å². The molecule has 0 aliphatic carbocycles. The molecule has 0 amide bonds. The van der Waals surface area contributed by atoms with Gasteiger partial charge >= 0.3 is 0 Å². The Balaban J connectivity index is 1.45. The first-order valence-corrected chi connectivity index (χ1v) is 10.6. The molecule has 0 unspecified atom stereocenters. The second-order valence-corrected chi connectivity index (χ2v) is 7.87. The van der Waals surface area contributed by atoms with Crippen molar-refractivity contribution in [3.05, 3.63) is 47.0 Å². The predicted octanol–water partition coefficient (Wildman–Crippen LogP) is 3.01. The Hall–Kier alpha value is -1.60. The van der Waals surface area contributed by atoms with Crippen LogP contribution in [0.1, 0.15) is 36.9 Å². The molecule has 7 heteroatoms. The number of nitrogens with one attached hydrogen (secondary N) is 2. The monoisotopic (exact) mass is 406 g/mol. The van der Waals surface area contributed by atoms with Crippen LogP contribution in [0.5, 0.6) is 5.75 Å². The van der Waals surface area contributed by atoms with Crippen LogP contribution in [0.25, 0.3) is 0 Å². The van der Waals surface area contributed by atoms with Gasteiger partial charge in [0, 0.05) is 48.5 Å². The summed E-state index contributed by atoms with van der Waals surface area (Å²) >= 11 is 6.17. The van der Waals surface area contributed by atoms with Crippen LogP contribution in [0.15, 0.2) is 30.7 Å². The summed E-state index contributed by atoms with van der Waals surface area (Å²) in [6, 6.07) is 5.63. The molecule has 1 aromatic carbocycles. The summed E-state index contributed by atoms with van der Waals surface area (Å²) in [5, 5.41) is 14.5. The number of likely N-dealkylation sites (tertiary alicyclic amines) is 1. The Labute approximate surface area is 172 Å². The molecule has 2 heterocycles. The fourth-order valence-electron chi connectivity index (χ4n) is 3.55. The van der Waals surface area contributed by atoms with E-state index in [9.17, 15) is 5.11 Å². The minimum Gasteiger partial charge on any atom is -0.491 e. The van der Waals surface area contributed by atoms with Crippen molar-refractivity contribution in [2.75, 3.05) is 32.8 Å². The van der Waals surface area contributed by atoms with Crippen LogP contribution in [0.4, 0.5) is 0 Å². The zero-order valence-corrected chi connectivity index (χ0v) is 17.1. The smallest absolute Gasteiger partial charge is 0.124 e. The van der Waals surface area contributed by atoms with Crippen molar-refractivity contribution in [1.82, 2.24) is 20.2 Å². The quantitative estimate of drug-likeness (QED) is 0.529. The van der Waals surface area contributed by atoms with Crippen molar-refractivity contribution in [3.63, 3.8) is 0 Å². The van der Waals surface area contributed by atoms with E-state index in [-0.39, 0.29) is 0 Å². The highest BCUT2D eigenvalue weighted by atomic mass is 35.5. The van der Waals surface area contributed by atoms with Gasteiger partial charge in [-0.2, -0.15) is 0 Å². The molecule has 2 aromatic rings. The highest BCUT2D eigenvalue weighted by Gasteiger charge is 2.15. The van der Waals surface area contributed by atoms with Crippen molar-refractivity contribution in [1.29, 1.82) is 0 Å². The third-order valence-electron chi connectivity index (χ3n) is 5.06. The first-order chi connectivity index (χ1) is 13.7.